The molecule has 0 saturated carbocycles. The first-order chi connectivity index (χ1) is 8.89. The molecule has 0 fully saturated rings. The minimum Gasteiger partial charge on any atom is -0.481 e. The number of nitrogens with two attached hydrogens (primary N) is 1. The fourth-order valence-corrected chi connectivity index (χ4v) is 1.88. The van der Waals surface area contributed by atoms with E-state index >= 15 is 0 Å². The van der Waals surface area contributed by atoms with Crippen LogP contribution in [0, 0.1) is 11.3 Å². The van der Waals surface area contributed by atoms with E-state index in [-0.39, 0.29) is 12.3 Å². The average Bonchev–Trinajstić information content (AvgIpc) is 2.41. The third kappa shape index (κ3) is 6.57. The Bertz CT molecular complexity index is 288. The molecule has 0 saturated heterocycles. The van der Waals surface area contributed by atoms with Gasteiger partial charge < -0.3 is 16.2 Å². The lowest BCUT2D eigenvalue weighted by Crippen LogP contribution is -2.44. The Balaban J connectivity index is 4.05. The number of carbonyl (C=O) groups is 2. The zero-order valence-corrected chi connectivity index (χ0v) is 12.4. The summed E-state index contributed by atoms with van der Waals surface area (Å²) in [4.78, 5) is 22.5. The molecule has 0 heterocycles. The number of nitrogens with one attached hydrogen (secondary N) is 1. The van der Waals surface area contributed by atoms with Crippen molar-refractivity contribution < 1.29 is 14.7 Å². The first-order valence-electron chi connectivity index (χ1n) is 7.09. The molecule has 0 rings (SSSR count). The van der Waals surface area contributed by atoms with E-state index in [1.165, 1.54) is 0 Å². The van der Waals surface area contributed by atoms with Gasteiger partial charge in [0.05, 0.1) is 5.41 Å². The number of carboxylic acid groups (broad SMARTS) is 1. The van der Waals surface area contributed by atoms with Crippen LogP contribution in [-0.2, 0) is 9.59 Å². The molecule has 1 amide bonds. The van der Waals surface area contributed by atoms with Crippen LogP contribution in [0.2, 0.25) is 0 Å². The lowest BCUT2D eigenvalue weighted by molar-refractivity contribution is -0.137. The Kier molecular flexibility index (Phi) is 8.39. The zero-order valence-electron chi connectivity index (χ0n) is 12.4. The van der Waals surface area contributed by atoms with Crippen molar-refractivity contribution in [3.8, 4) is 0 Å². The fourth-order valence-electron chi connectivity index (χ4n) is 1.88. The molecule has 0 bridgehead atoms. The Labute approximate surface area is 115 Å². The average molecular weight is 272 g/mol. The number of amides is 1. The molecule has 0 aromatic carbocycles. The summed E-state index contributed by atoms with van der Waals surface area (Å²) in [6.45, 7) is 6.79. The minimum absolute atomic E-state index is 0.00872. The highest BCUT2D eigenvalue weighted by molar-refractivity contribution is 5.82. The van der Waals surface area contributed by atoms with Gasteiger partial charge >= 0.3 is 5.97 Å². The highest BCUT2D eigenvalue weighted by atomic mass is 16.4. The number of hydrogen-bond acceptors (Lipinski definition) is 3. The van der Waals surface area contributed by atoms with Gasteiger partial charge in [-0.3, -0.25) is 9.59 Å². The summed E-state index contributed by atoms with van der Waals surface area (Å²) in [5.74, 6) is -0.420. The second-order valence-electron chi connectivity index (χ2n) is 5.37. The van der Waals surface area contributed by atoms with E-state index in [4.69, 9.17) is 10.8 Å². The first kappa shape index (κ1) is 17.9. The van der Waals surface area contributed by atoms with Gasteiger partial charge in [0.25, 0.3) is 0 Å². The molecule has 5 nitrogen and oxygen atoms in total. The molecule has 0 spiro atoms. The Hall–Kier alpha value is -1.10. The molecule has 19 heavy (non-hydrogen) atoms. The minimum atomic E-state index is -0.760. The van der Waals surface area contributed by atoms with Crippen LogP contribution < -0.4 is 11.1 Å². The van der Waals surface area contributed by atoms with Crippen LogP contribution in [0.25, 0.3) is 0 Å². The van der Waals surface area contributed by atoms with E-state index in [9.17, 15) is 9.59 Å². The predicted molar refractivity (Wildman–Crippen MR) is 75.7 cm³/mol. The smallest absolute Gasteiger partial charge is 0.303 e. The van der Waals surface area contributed by atoms with Gasteiger partial charge in [-0.2, -0.15) is 0 Å². The summed E-state index contributed by atoms with van der Waals surface area (Å²) in [7, 11) is 0. The van der Waals surface area contributed by atoms with E-state index < -0.39 is 11.4 Å². The SMILES string of the molecule is CCC(CCNC(=O)C(C)(CC)CN)CCC(=O)O. The van der Waals surface area contributed by atoms with Crippen molar-refractivity contribution in [1.29, 1.82) is 0 Å². The number of rotatable bonds is 10. The van der Waals surface area contributed by atoms with Gasteiger partial charge in [0.1, 0.15) is 0 Å². The van der Waals surface area contributed by atoms with Crippen LogP contribution >= 0.6 is 0 Å². The van der Waals surface area contributed by atoms with Crippen molar-refractivity contribution in [3.63, 3.8) is 0 Å². The maximum absolute atomic E-state index is 12.0. The van der Waals surface area contributed by atoms with E-state index in [1.54, 1.807) is 0 Å². The van der Waals surface area contributed by atoms with E-state index in [1.807, 2.05) is 20.8 Å². The Morgan fingerprint density at radius 2 is 1.95 bits per heavy atom. The van der Waals surface area contributed by atoms with Crippen LogP contribution in [0.15, 0.2) is 0 Å². The Morgan fingerprint density at radius 1 is 1.32 bits per heavy atom. The maximum atomic E-state index is 12.0. The van der Waals surface area contributed by atoms with Crippen molar-refractivity contribution in [2.75, 3.05) is 13.1 Å². The number of hydrogen-bond donors (Lipinski definition) is 3. The van der Waals surface area contributed by atoms with Crippen LogP contribution in [0.5, 0.6) is 0 Å². The second kappa shape index (κ2) is 8.91. The molecule has 0 aliphatic carbocycles. The molecule has 0 aliphatic heterocycles. The Morgan fingerprint density at radius 3 is 2.37 bits per heavy atom. The van der Waals surface area contributed by atoms with Crippen molar-refractivity contribution in [2.24, 2.45) is 17.1 Å². The maximum Gasteiger partial charge on any atom is 0.303 e. The van der Waals surface area contributed by atoms with E-state index in [0.29, 0.717) is 31.8 Å². The van der Waals surface area contributed by atoms with Gasteiger partial charge in [-0.05, 0) is 32.1 Å². The van der Waals surface area contributed by atoms with Crippen molar-refractivity contribution in [1.82, 2.24) is 5.32 Å². The van der Waals surface area contributed by atoms with Crippen LogP contribution in [-0.4, -0.2) is 30.1 Å². The van der Waals surface area contributed by atoms with Crippen LogP contribution in [0.3, 0.4) is 0 Å². The topological polar surface area (TPSA) is 92.4 Å². The molecule has 5 heteroatoms. The number of carbonyl (C=O) groups excluding carboxylic acids is 1. The zero-order chi connectivity index (χ0) is 14.9. The lowest BCUT2D eigenvalue weighted by atomic mass is 9.86. The molecular formula is C14H28N2O3. The highest BCUT2D eigenvalue weighted by Gasteiger charge is 2.29. The van der Waals surface area contributed by atoms with Crippen molar-refractivity contribution in [2.45, 2.75) is 52.9 Å². The highest BCUT2D eigenvalue weighted by Crippen LogP contribution is 2.19. The summed E-state index contributed by atoms with van der Waals surface area (Å²) < 4.78 is 0. The fraction of sp³-hybridized carbons (Fsp3) is 0.857. The lowest BCUT2D eigenvalue weighted by Gasteiger charge is -2.25. The molecule has 0 aromatic rings. The molecule has 2 unspecified atom stereocenters. The normalized spacial score (nSPS) is 15.6. The quantitative estimate of drug-likeness (QED) is 0.565. The molecule has 0 aromatic heterocycles. The van der Waals surface area contributed by atoms with Crippen LogP contribution in [0.4, 0.5) is 0 Å². The monoisotopic (exact) mass is 272 g/mol. The van der Waals surface area contributed by atoms with Gasteiger partial charge in [-0.25, -0.2) is 0 Å². The van der Waals surface area contributed by atoms with Gasteiger partial charge in [0.2, 0.25) is 5.91 Å². The van der Waals surface area contributed by atoms with E-state index in [0.717, 1.165) is 12.8 Å². The summed E-state index contributed by atoms with van der Waals surface area (Å²) >= 11 is 0. The standard InChI is InChI=1S/C14H28N2O3/c1-4-11(6-7-12(17)18)8-9-16-13(19)14(3,5-2)10-15/h11H,4-10,15H2,1-3H3,(H,16,19)(H,17,18). The van der Waals surface area contributed by atoms with Gasteiger partial charge in [0.15, 0.2) is 0 Å². The molecule has 2 atom stereocenters. The van der Waals surface area contributed by atoms with Crippen LogP contribution in [0.1, 0.15) is 52.9 Å². The molecule has 0 aliphatic rings. The molecule has 112 valence electrons. The first-order valence-corrected chi connectivity index (χ1v) is 7.09. The summed E-state index contributed by atoms with van der Waals surface area (Å²) in [5.41, 5.74) is 5.13. The molecule has 4 N–H and O–H groups in total. The molecule has 0 radical (unpaired) electrons. The van der Waals surface area contributed by atoms with Gasteiger partial charge in [-0.1, -0.05) is 20.3 Å². The molecular weight excluding hydrogens is 244 g/mol. The number of carboxylic acids is 1. The largest absolute Gasteiger partial charge is 0.481 e. The third-order valence-electron chi connectivity index (χ3n) is 3.96. The van der Waals surface area contributed by atoms with Crippen molar-refractivity contribution >= 4 is 11.9 Å². The summed E-state index contributed by atoms with van der Waals surface area (Å²) in [6, 6.07) is 0. The summed E-state index contributed by atoms with van der Waals surface area (Å²) in [6.07, 6.45) is 3.34. The number of aliphatic carboxylic acids is 1. The second-order valence-corrected chi connectivity index (χ2v) is 5.37. The van der Waals surface area contributed by atoms with E-state index in [2.05, 4.69) is 5.32 Å². The third-order valence-corrected chi connectivity index (χ3v) is 3.96. The summed E-state index contributed by atoms with van der Waals surface area (Å²) in [5, 5.41) is 11.6. The predicted octanol–water partition coefficient (Wildman–Crippen LogP) is 1.76. The van der Waals surface area contributed by atoms with Gasteiger partial charge in [-0.15, -0.1) is 0 Å². The van der Waals surface area contributed by atoms with Gasteiger partial charge in [0, 0.05) is 19.5 Å². The van der Waals surface area contributed by atoms with Crippen molar-refractivity contribution in [3.05, 3.63) is 0 Å².